The van der Waals surface area contributed by atoms with Gasteiger partial charge in [-0.15, -0.1) is 0 Å². The summed E-state index contributed by atoms with van der Waals surface area (Å²) in [7, 11) is -3.92. The topological polar surface area (TPSA) is 102 Å². The van der Waals surface area contributed by atoms with E-state index in [1.54, 1.807) is 11.1 Å². The Kier molecular flexibility index (Phi) is 4.15. The molecule has 1 fully saturated rings. The molecular weight excluding hydrogens is 270 g/mol. The number of carbonyl (C=O) groups is 1. The van der Waals surface area contributed by atoms with E-state index in [1.165, 1.54) is 18.2 Å². The summed E-state index contributed by atoms with van der Waals surface area (Å²) in [5.41, 5.74) is 2.68. The number of ether oxygens (including phenoxy) is 1. The molecule has 2 rings (SSSR count). The van der Waals surface area contributed by atoms with E-state index in [9.17, 15) is 13.2 Å². The standard InChI is InChI=1S/C11H15N3O4S/c12-19(16,17)10-4-2-1-3-9(10)11(15)13-14-5-7-18-8-6-14/h1-4H,5-8H2,(H,13,15)(H2,12,16,17). The smallest absolute Gasteiger partial charge is 0.266 e. The van der Waals surface area contributed by atoms with Gasteiger partial charge in [-0.2, -0.15) is 0 Å². The van der Waals surface area contributed by atoms with Crippen LogP contribution in [0.2, 0.25) is 0 Å². The highest BCUT2D eigenvalue weighted by Gasteiger charge is 2.20. The summed E-state index contributed by atoms with van der Waals surface area (Å²) >= 11 is 0. The van der Waals surface area contributed by atoms with Crippen LogP contribution in [0.4, 0.5) is 0 Å². The van der Waals surface area contributed by atoms with Crippen molar-refractivity contribution in [3.63, 3.8) is 0 Å². The first kappa shape index (κ1) is 13.9. The van der Waals surface area contributed by atoms with Gasteiger partial charge in [0.25, 0.3) is 5.91 Å². The van der Waals surface area contributed by atoms with Gasteiger partial charge in [-0.1, -0.05) is 12.1 Å². The van der Waals surface area contributed by atoms with E-state index in [-0.39, 0.29) is 10.5 Å². The number of benzene rings is 1. The molecule has 8 heteroatoms. The number of rotatable bonds is 3. The van der Waals surface area contributed by atoms with E-state index < -0.39 is 15.9 Å². The van der Waals surface area contributed by atoms with Crippen molar-refractivity contribution >= 4 is 15.9 Å². The Hall–Kier alpha value is -1.48. The van der Waals surface area contributed by atoms with Gasteiger partial charge in [-0.3, -0.25) is 10.2 Å². The summed E-state index contributed by atoms with van der Waals surface area (Å²) in [6.45, 7) is 2.17. The predicted molar refractivity (Wildman–Crippen MR) is 67.7 cm³/mol. The Morgan fingerprint density at radius 1 is 1.26 bits per heavy atom. The number of hydrogen-bond acceptors (Lipinski definition) is 5. The molecule has 0 spiro atoms. The van der Waals surface area contributed by atoms with Crippen molar-refractivity contribution in [2.45, 2.75) is 4.90 Å². The highest BCUT2D eigenvalue weighted by molar-refractivity contribution is 7.89. The van der Waals surface area contributed by atoms with Gasteiger partial charge in [0, 0.05) is 13.1 Å². The first-order valence-corrected chi connectivity index (χ1v) is 7.28. The summed E-state index contributed by atoms with van der Waals surface area (Å²) in [5.74, 6) is -0.494. The number of hydrogen-bond donors (Lipinski definition) is 2. The average molecular weight is 285 g/mol. The summed E-state index contributed by atoms with van der Waals surface area (Å²) < 4.78 is 28.0. The van der Waals surface area contributed by atoms with Crippen LogP contribution in [-0.2, 0) is 14.8 Å². The SMILES string of the molecule is NS(=O)(=O)c1ccccc1C(=O)NN1CCOCC1. The third-order valence-corrected chi connectivity index (χ3v) is 3.68. The molecule has 3 N–H and O–H groups in total. The minimum absolute atomic E-state index is 0.0384. The van der Waals surface area contributed by atoms with E-state index in [0.717, 1.165) is 0 Å². The molecular formula is C11H15N3O4S. The Balaban J connectivity index is 2.19. The molecule has 0 radical (unpaired) electrons. The number of morpholine rings is 1. The van der Waals surface area contributed by atoms with Gasteiger partial charge < -0.3 is 4.74 Å². The number of nitrogens with one attached hydrogen (secondary N) is 1. The second-order valence-electron chi connectivity index (χ2n) is 4.08. The largest absolute Gasteiger partial charge is 0.379 e. The molecule has 0 aromatic heterocycles. The van der Waals surface area contributed by atoms with Crippen LogP contribution < -0.4 is 10.6 Å². The van der Waals surface area contributed by atoms with Crippen LogP contribution in [0.15, 0.2) is 29.2 Å². The minimum Gasteiger partial charge on any atom is -0.379 e. The molecule has 1 aliphatic heterocycles. The van der Waals surface area contributed by atoms with Crippen LogP contribution >= 0.6 is 0 Å². The number of nitrogens with two attached hydrogens (primary N) is 1. The lowest BCUT2D eigenvalue weighted by molar-refractivity contribution is 0.0125. The second-order valence-corrected chi connectivity index (χ2v) is 5.61. The van der Waals surface area contributed by atoms with Crippen molar-refractivity contribution in [3.8, 4) is 0 Å². The third kappa shape index (κ3) is 3.51. The molecule has 7 nitrogen and oxygen atoms in total. The molecule has 0 saturated carbocycles. The monoisotopic (exact) mass is 285 g/mol. The first-order chi connectivity index (χ1) is 8.98. The van der Waals surface area contributed by atoms with Crippen LogP contribution in [0.1, 0.15) is 10.4 Å². The van der Waals surface area contributed by atoms with E-state index in [4.69, 9.17) is 9.88 Å². The molecule has 1 heterocycles. The van der Waals surface area contributed by atoms with Gasteiger partial charge in [-0.05, 0) is 12.1 Å². The van der Waals surface area contributed by atoms with Crippen LogP contribution in [0, 0.1) is 0 Å². The maximum Gasteiger partial charge on any atom is 0.266 e. The second kappa shape index (κ2) is 5.66. The number of hydrazine groups is 1. The maximum atomic E-state index is 12.1. The van der Waals surface area contributed by atoms with Crippen molar-refractivity contribution < 1.29 is 17.9 Å². The van der Waals surface area contributed by atoms with E-state index in [0.29, 0.717) is 26.3 Å². The molecule has 1 aliphatic rings. The number of carbonyl (C=O) groups excluding carboxylic acids is 1. The fourth-order valence-corrected chi connectivity index (χ4v) is 2.52. The van der Waals surface area contributed by atoms with Crippen LogP contribution in [-0.4, -0.2) is 45.6 Å². The summed E-state index contributed by atoms with van der Waals surface area (Å²) in [6, 6.07) is 5.84. The third-order valence-electron chi connectivity index (χ3n) is 2.71. The number of amides is 1. The van der Waals surface area contributed by atoms with Crippen LogP contribution in [0.25, 0.3) is 0 Å². The quantitative estimate of drug-likeness (QED) is 0.765. The van der Waals surface area contributed by atoms with Gasteiger partial charge >= 0.3 is 0 Å². The number of primary sulfonamides is 1. The molecule has 104 valence electrons. The Morgan fingerprint density at radius 3 is 2.53 bits per heavy atom. The minimum atomic E-state index is -3.92. The average Bonchev–Trinajstić information content (AvgIpc) is 2.39. The zero-order chi connectivity index (χ0) is 13.9. The molecule has 0 unspecified atom stereocenters. The van der Waals surface area contributed by atoms with Gasteiger partial charge in [0.05, 0.1) is 23.7 Å². The molecule has 1 aromatic rings. The summed E-state index contributed by atoms with van der Waals surface area (Å²) in [4.78, 5) is 11.9. The van der Waals surface area contributed by atoms with Gasteiger partial charge in [0.15, 0.2) is 0 Å². The van der Waals surface area contributed by atoms with Crippen molar-refractivity contribution in [2.24, 2.45) is 5.14 Å². The molecule has 19 heavy (non-hydrogen) atoms. The van der Waals surface area contributed by atoms with Gasteiger partial charge in [0.2, 0.25) is 10.0 Å². The van der Waals surface area contributed by atoms with Crippen LogP contribution in [0.3, 0.4) is 0 Å². The van der Waals surface area contributed by atoms with E-state index >= 15 is 0 Å². The Morgan fingerprint density at radius 2 is 1.89 bits per heavy atom. The maximum absolute atomic E-state index is 12.1. The lowest BCUT2D eigenvalue weighted by Gasteiger charge is -2.27. The Labute approximate surface area is 111 Å². The lowest BCUT2D eigenvalue weighted by atomic mass is 10.2. The van der Waals surface area contributed by atoms with Crippen molar-refractivity contribution in [3.05, 3.63) is 29.8 Å². The van der Waals surface area contributed by atoms with Crippen LogP contribution in [0.5, 0.6) is 0 Å². The van der Waals surface area contributed by atoms with Crippen molar-refractivity contribution in [1.29, 1.82) is 0 Å². The molecule has 1 saturated heterocycles. The normalized spacial score (nSPS) is 17.1. The zero-order valence-electron chi connectivity index (χ0n) is 10.2. The Bertz CT molecular complexity index is 567. The number of nitrogens with zero attached hydrogens (tertiary/aromatic N) is 1. The molecule has 1 aromatic carbocycles. The summed E-state index contributed by atoms with van der Waals surface area (Å²) in [6.07, 6.45) is 0. The highest BCUT2D eigenvalue weighted by Crippen LogP contribution is 2.13. The van der Waals surface area contributed by atoms with Crippen molar-refractivity contribution in [1.82, 2.24) is 10.4 Å². The fraction of sp³-hybridized carbons (Fsp3) is 0.364. The first-order valence-electron chi connectivity index (χ1n) is 5.74. The molecule has 1 amide bonds. The summed E-state index contributed by atoms with van der Waals surface area (Å²) in [5, 5.41) is 6.77. The predicted octanol–water partition coefficient (Wildman–Crippen LogP) is -0.689. The number of sulfonamides is 1. The van der Waals surface area contributed by atoms with E-state index in [2.05, 4.69) is 5.43 Å². The molecule has 0 aliphatic carbocycles. The highest BCUT2D eigenvalue weighted by atomic mass is 32.2. The fourth-order valence-electron chi connectivity index (χ4n) is 1.78. The van der Waals surface area contributed by atoms with Crippen molar-refractivity contribution in [2.75, 3.05) is 26.3 Å². The zero-order valence-corrected chi connectivity index (χ0v) is 11.0. The molecule has 0 bridgehead atoms. The lowest BCUT2D eigenvalue weighted by Crippen LogP contribution is -2.48. The molecule has 0 atom stereocenters. The van der Waals surface area contributed by atoms with Gasteiger partial charge in [-0.25, -0.2) is 18.6 Å². The van der Waals surface area contributed by atoms with E-state index in [1.807, 2.05) is 0 Å². The van der Waals surface area contributed by atoms with Gasteiger partial charge in [0.1, 0.15) is 0 Å².